The molecule has 0 N–H and O–H groups in total. The van der Waals surface area contributed by atoms with Gasteiger partial charge in [0.15, 0.2) is 4.32 Å². The van der Waals surface area contributed by atoms with E-state index in [2.05, 4.69) is 4.57 Å². The molecule has 1 aliphatic rings. The molecule has 3 aromatic carbocycles. The Kier molecular flexibility index (Phi) is 5.95. The van der Waals surface area contributed by atoms with Crippen LogP contribution in [0.15, 0.2) is 83.9 Å². The summed E-state index contributed by atoms with van der Waals surface area (Å²) in [5.74, 6) is -0.307. The number of halogens is 1. The second-order valence-corrected chi connectivity index (χ2v) is 9.70. The molecule has 1 aromatic heterocycles. The summed E-state index contributed by atoms with van der Waals surface area (Å²) in [5, 5.41) is 12.8. The van der Waals surface area contributed by atoms with Gasteiger partial charge in [-0.3, -0.25) is 19.8 Å². The normalized spacial score (nSPS) is 15.0. The van der Waals surface area contributed by atoms with E-state index in [-0.39, 0.29) is 11.6 Å². The Morgan fingerprint density at radius 3 is 2.62 bits per heavy atom. The first-order chi connectivity index (χ1) is 16.4. The zero-order valence-electron chi connectivity index (χ0n) is 17.6. The zero-order valence-corrected chi connectivity index (χ0v) is 19.9. The maximum atomic E-state index is 13.2. The van der Waals surface area contributed by atoms with Crippen molar-refractivity contribution in [1.82, 2.24) is 4.57 Å². The number of amides is 1. The first kappa shape index (κ1) is 22.3. The van der Waals surface area contributed by atoms with Crippen LogP contribution in [-0.2, 0) is 11.3 Å². The summed E-state index contributed by atoms with van der Waals surface area (Å²) in [6, 6.07) is 21.6. The topological polar surface area (TPSA) is 68.4 Å². The molecule has 1 aliphatic heterocycles. The van der Waals surface area contributed by atoms with E-state index in [1.165, 1.54) is 34.9 Å². The molecule has 6 nitrogen and oxygen atoms in total. The number of carbonyl (C=O) groups is 1. The second-order valence-electron chi connectivity index (χ2n) is 7.61. The van der Waals surface area contributed by atoms with E-state index < -0.39 is 4.92 Å². The number of carbonyl (C=O) groups excluding carboxylic acids is 1. The van der Waals surface area contributed by atoms with E-state index in [1.54, 1.807) is 6.07 Å². The number of hydrogen-bond acceptors (Lipinski definition) is 5. The Balaban J connectivity index is 1.52. The van der Waals surface area contributed by atoms with Crippen LogP contribution in [0.5, 0.6) is 0 Å². The molecule has 0 saturated carbocycles. The minimum absolute atomic E-state index is 0.0989. The van der Waals surface area contributed by atoms with Crippen LogP contribution in [0.25, 0.3) is 17.0 Å². The average Bonchev–Trinajstić information content (AvgIpc) is 3.31. The third kappa shape index (κ3) is 4.11. The van der Waals surface area contributed by atoms with Gasteiger partial charge in [0.05, 0.1) is 15.5 Å². The third-order valence-corrected chi connectivity index (χ3v) is 7.17. The van der Waals surface area contributed by atoms with Crippen LogP contribution < -0.4 is 4.90 Å². The molecule has 0 radical (unpaired) electrons. The summed E-state index contributed by atoms with van der Waals surface area (Å²) in [5.41, 5.74) is 3.16. The van der Waals surface area contributed by atoms with E-state index in [0.29, 0.717) is 26.5 Å². The molecular weight excluding hydrogens is 490 g/mol. The highest BCUT2D eigenvalue weighted by atomic mass is 35.5. The monoisotopic (exact) mass is 505 g/mol. The third-order valence-electron chi connectivity index (χ3n) is 5.50. The van der Waals surface area contributed by atoms with Gasteiger partial charge in [0, 0.05) is 46.4 Å². The van der Waals surface area contributed by atoms with Crippen molar-refractivity contribution in [3.05, 3.63) is 110 Å². The predicted octanol–water partition coefficient (Wildman–Crippen LogP) is 6.66. The maximum absolute atomic E-state index is 13.2. The average molecular weight is 506 g/mol. The Hall–Kier alpha value is -3.46. The molecule has 168 valence electrons. The van der Waals surface area contributed by atoms with Gasteiger partial charge in [0.1, 0.15) is 0 Å². The van der Waals surface area contributed by atoms with Gasteiger partial charge in [-0.2, -0.15) is 0 Å². The molecule has 1 amide bonds. The number of thioether (sulfide) groups is 1. The van der Waals surface area contributed by atoms with E-state index in [1.807, 2.05) is 60.8 Å². The number of benzene rings is 3. The summed E-state index contributed by atoms with van der Waals surface area (Å²) in [6.07, 6.45) is 3.82. The van der Waals surface area contributed by atoms with Gasteiger partial charge in [-0.15, -0.1) is 0 Å². The smallest absolute Gasteiger partial charge is 0.271 e. The van der Waals surface area contributed by atoms with Crippen LogP contribution in [0.3, 0.4) is 0 Å². The minimum Gasteiger partial charge on any atom is -0.342 e. The van der Waals surface area contributed by atoms with Gasteiger partial charge in [-0.25, -0.2) is 0 Å². The van der Waals surface area contributed by atoms with Crippen LogP contribution in [0, 0.1) is 10.1 Å². The molecular formula is C25H16ClN3O3S2. The van der Waals surface area contributed by atoms with Gasteiger partial charge in [-0.05, 0) is 29.8 Å². The largest absolute Gasteiger partial charge is 0.342 e. The highest BCUT2D eigenvalue weighted by Crippen LogP contribution is 2.38. The van der Waals surface area contributed by atoms with Crippen molar-refractivity contribution < 1.29 is 9.72 Å². The second kappa shape index (κ2) is 9.06. The molecule has 2 heterocycles. The van der Waals surface area contributed by atoms with Crippen molar-refractivity contribution in [2.45, 2.75) is 6.54 Å². The molecule has 1 saturated heterocycles. The van der Waals surface area contributed by atoms with Gasteiger partial charge < -0.3 is 4.57 Å². The number of para-hydroxylation sites is 1. The van der Waals surface area contributed by atoms with Gasteiger partial charge in [0.2, 0.25) is 0 Å². The lowest BCUT2D eigenvalue weighted by molar-refractivity contribution is -0.384. The van der Waals surface area contributed by atoms with Gasteiger partial charge in [0.25, 0.3) is 11.6 Å². The van der Waals surface area contributed by atoms with Crippen molar-refractivity contribution in [2.24, 2.45) is 0 Å². The number of nitro benzene ring substituents is 1. The Morgan fingerprint density at radius 2 is 1.82 bits per heavy atom. The lowest BCUT2D eigenvalue weighted by Crippen LogP contribution is -2.27. The highest BCUT2D eigenvalue weighted by Gasteiger charge is 2.34. The fourth-order valence-corrected chi connectivity index (χ4v) is 5.39. The summed E-state index contributed by atoms with van der Waals surface area (Å²) in [6.45, 7) is 0.586. The number of nitro groups is 1. The molecule has 0 bridgehead atoms. The number of hydrogen-bond donors (Lipinski definition) is 0. The van der Waals surface area contributed by atoms with Crippen molar-refractivity contribution >= 4 is 74.2 Å². The van der Waals surface area contributed by atoms with E-state index in [4.69, 9.17) is 23.8 Å². The van der Waals surface area contributed by atoms with Crippen molar-refractivity contribution in [2.75, 3.05) is 4.90 Å². The fraction of sp³-hybridized carbons (Fsp3) is 0.0400. The quantitative estimate of drug-likeness (QED) is 0.131. The van der Waals surface area contributed by atoms with Crippen LogP contribution in [0.1, 0.15) is 11.1 Å². The first-order valence-electron chi connectivity index (χ1n) is 10.3. The van der Waals surface area contributed by atoms with E-state index in [9.17, 15) is 14.9 Å². The Labute approximate surface area is 209 Å². The van der Waals surface area contributed by atoms with Crippen molar-refractivity contribution in [3.8, 4) is 0 Å². The fourth-order valence-electron chi connectivity index (χ4n) is 3.91. The van der Waals surface area contributed by atoms with Crippen molar-refractivity contribution in [1.29, 1.82) is 0 Å². The van der Waals surface area contributed by atoms with E-state index in [0.717, 1.165) is 22.0 Å². The maximum Gasteiger partial charge on any atom is 0.271 e. The van der Waals surface area contributed by atoms with Crippen LogP contribution >= 0.6 is 35.6 Å². The Morgan fingerprint density at radius 1 is 1.06 bits per heavy atom. The molecule has 0 unspecified atom stereocenters. The Bertz CT molecular complexity index is 1510. The highest BCUT2D eigenvalue weighted by molar-refractivity contribution is 8.27. The summed E-state index contributed by atoms with van der Waals surface area (Å²) < 4.78 is 2.43. The van der Waals surface area contributed by atoms with Crippen LogP contribution in [0.2, 0.25) is 5.02 Å². The number of rotatable bonds is 5. The predicted molar refractivity (Wildman–Crippen MR) is 141 cm³/mol. The van der Waals surface area contributed by atoms with Crippen LogP contribution in [0.4, 0.5) is 11.4 Å². The van der Waals surface area contributed by atoms with Crippen LogP contribution in [-0.4, -0.2) is 19.7 Å². The lowest BCUT2D eigenvalue weighted by Gasteiger charge is -2.13. The number of aromatic nitrogens is 1. The molecule has 5 rings (SSSR count). The molecule has 0 aliphatic carbocycles. The zero-order chi connectivity index (χ0) is 23.8. The minimum atomic E-state index is -0.495. The van der Waals surface area contributed by atoms with E-state index >= 15 is 0 Å². The summed E-state index contributed by atoms with van der Waals surface area (Å²) in [7, 11) is 0. The van der Waals surface area contributed by atoms with Gasteiger partial charge in [-0.1, -0.05) is 78.0 Å². The standard InChI is InChI=1S/C25H16ClN3O3S2/c26-21-10-3-1-6-16(21)14-27-15-17(20-9-2-4-11-22(20)27)12-23-24(30)28(25(33)34-23)18-7-5-8-19(13-18)29(31)32/h1-13,15H,14H2/b23-12+. The SMILES string of the molecule is O=C1/C(=C\c2cn(Cc3ccccc3Cl)c3ccccc23)SC(=S)N1c1cccc([N+](=O)[O-])c1. The summed E-state index contributed by atoms with van der Waals surface area (Å²) in [4.78, 5) is 25.7. The van der Waals surface area contributed by atoms with Crippen molar-refractivity contribution in [3.63, 3.8) is 0 Å². The number of thiocarbonyl (C=S) groups is 1. The summed E-state index contributed by atoms with van der Waals surface area (Å²) >= 11 is 13.0. The molecule has 1 fully saturated rings. The molecule has 9 heteroatoms. The first-order valence-corrected chi connectivity index (χ1v) is 11.9. The lowest BCUT2D eigenvalue weighted by atomic mass is 10.1. The van der Waals surface area contributed by atoms with Gasteiger partial charge >= 0.3 is 0 Å². The number of anilines is 1. The number of non-ortho nitro benzene ring substituents is 1. The number of nitrogens with zero attached hydrogens (tertiary/aromatic N) is 3. The number of fused-ring (bicyclic) bond motifs is 1. The molecule has 4 aromatic rings. The molecule has 0 spiro atoms. The molecule has 0 atom stereocenters. The molecule has 34 heavy (non-hydrogen) atoms.